The topological polar surface area (TPSA) is 49.8 Å². The van der Waals surface area contributed by atoms with Crippen LogP contribution in [0, 0.1) is 18.3 Å². The van der Waals surface area contributed by atoms with Gasteiger partial charge in [-0.25, -0.2) is 0 Å². The third-order valence-corrected chi connectivity index (χ3v) is 1.50. The van der Waals surface area contributed by atoms with Crippen molar-refractivity contribution in [1.82, 2.24) is 0 Å². The van der Waals surface area contributed by atoms with E-state index in [-0.39, 0.29) is 0 Å². The number of nitrogens with two attached hydrogens (primary N) is 1. The third-order valence-electron chi connectivity index (χ3n) is 1.50. The van der Waals surface area contributed by atoms with E-state index in [0.717, 1.165) is 5.56 Å². The Morgan fingerprint density at radius 1 is 1.50 bits per heavy atom. The molecular formula is C8H8N2. The minimum atomic E-state index is 0.653. The van der Waals surface area contributed by atoms with E-state index >= 15 is 0 Å². The maximum absolute atomic E-state index is 8.54. The molecule has 0 atom stereocenters. The van der Waals surface area contributed by atoms with E-state index in [2.05, 4.69) is 6.07 Å². The first-order chi connectivity index (χ1) is 4.75. The van der Waals surface area contributed by atoms with Crippen LogP contribution >= 0.6 is 0 Å². The molecule has 1 aromatic carbocycles. The van der Waals surface area contributed by atoms with Gasteiger partial charge >= 0.3 is 0 Å². The fourth-order valence-electron chi connectivity index (χ4n) is 0.775. The second-order valence-electron chi connectivity index (χ2n) is 2.13. The molecule has 2 N–H and O–H groups in total. The lowest BCUT2D eigenvalue weighted by molar-refractivity contribution is 1.40. The molecule has 0 bridgehead atoms. The van der Waals surface area contributed by atoms with Crippen LogP contribution < -0.4 is 5.73 Å². The zero-order chi connectivity index (χ0) is 7.56. The summed E-state index contributed by atoms with van der Waals surface area (Å²) in [5.41, 5.74) is 7.74. The Bertz CT molecular complexity index is 284. The van der Waals surface area contributed by atoms with Gasteiger partial charge in [0.2, 0.25) is 0 Å². The standard InChI is InChI=1S/C8H8N2/c1-6-7(5-9)3-2-4-8(6)10/h2-4H,10H2,1H3. The average Bonchev–Trinajstić information content (AvgIpc) is 1.95. The molecule has 1 rings (SSSR count). The molecule has 0 spiro atoms. The van der Waals surface area contributed by atoms with Crippen LogP contribution in [0.4, 0.5) is 5.69 Å². The molecule has 10 heavy (non-hydrogen) atoms. The van der Waals surface area contributed by atoms with Gasteiger partial charge in [-0.1, -0.05) is 6.07 Å². The molecule has 0 aromatic heterocycles. The summed E-state index contributed by atoms with van der Waals surface area (Å²) >= 11 is 0. The minimum absolute atomic E-state index is 0.653. The van der Waals surface area contributed by atoms with E-state index in [1.807, 2.05) is 6.92 Å². The molecule has 50 valence electrons. The molecule has 0 amide bonds. The average molecular weight is 132 g/mol. The van der Waals surface area contributed by atoms with Gasteiger partial charge < -0.3 is 5.73 Å². The second-order valence-corrected chi connectivity index (χ2v) is 2.13. The summed E-state index contributed by atoms with van der Waals surface area (Å²) in [6.07, 6.45) is 0. The lowest BCUT2D eigenvalue weighted by Crippen LogP contribution is -1.91. The van der Waals surface area contributed by atoms with E-state index in [4.69, 9.17) is 11.0 Å². The van der Waals surface area contributed by atoms with Crippen molar-refractivity contribution in [2.75, 3.05) is 5.73 Å². The number of nitrogen functional groups attached to an aromatic ring is 1. The maximum Gasteiger partial charge on any atom is 0.0995 e. The number of anilines is 1. The van der Waals surface area contributed by atoms with Crippen LogP contribution in [0.15, 0.2) is 18.2 Å². The zero-order valence-electron chi connectivity index (χ0n) is 5.76. The lowest BCUT2D eigenvalue weighted by atomic mass is 10.1. The van der Waals surface area contributed by atoms with Gasteiger partial charge in [0.25, 0.3) is 0 Å². The molecule has 0 heterocycles. The van der Waals surface area contributed by atoms with Crippen molar-refractivity contribution in [3.05, 3.63) is 29.3 Å². The number of nitriles is 1. The first-order valence-electron chi connectivity index (χ1n) is 3.01. The molecule has 0 saturated carbocycles. The van der Waals surface area contributed by atoms with Crippen LogP contribution in [-0.2, 0) is 0 Å². The summed E-state index contributed by atoms with van der Waals surface area (Å²) in [6, 6.07) is 7.38. The molecular weight excluding hydrogens is 124 g/mol. The molecule has 1 aromatic rings. The smallest absolute Gasteiger partial charge is 0.0995 e. The Balaban J connectivity index is 3.31. The van der Waals surface area contributed by atoms with Crippen molar-refractivity contribution in [1.29, 1.82) is 5.26 Å². The Kier molecular flexibility index (Phi) is 1.59. The highest BCUT2D eigenvalue weighted by molar-refractivity contribution is 5.53. The highest BCUT2D eigenvalue weighted by atomic mass is 14.6. The van der Waals surface area contributed by atoms with Crippen molar-refractivity contribution >= 4 is 5.69 Å². The molecule has 0 radical (unpaired) electrons. The zero-order valence-corrected chi connectivity index (χ0v) is 5.76. The van der Waals surface area contributed by atoms with Gasteiger partial charge in [-0.2, -0.15) is 5.26 Å². The quantitative estimate of drug-likeness (QED) is 0.543. The Morgan fingerprint density at radius 3 is 2.70 bits per heavy atom. The molecule has 2 heteroatoms. The minimum Gasteiger partial charge on any atom is -0.398 e. The number of rotatable bonds is 0. The van der Waals surface area contributed by atoms with Crippen LogP contribution in [0.1, 0.15) is 11.1 Å². The van der Waals surface area contributed by atoms with Crippen LogP contribution in [-0.4, -0.2) is 0 Å². The third kappa shape index (κ3) is 0.939. The number of nitrogens with zero attached hydrogens (tertiary/aromatic N) is 1. The second kappa shape index (κ2) is 2.40. The monoisotopic (exact) mass is 132 g/mol. The van der Waals surface area contributed by atoms with Gasteiger partial charge in [0.05, 0.1) is 11.6 Å². The van der Waals surface area contributed by atoms with E-state index in [9.17, 15) is 0 Å². The van der Waals surface area contributed by atoms with Crippen molar-refractivity contribution in [2.24, 2.45) is 0 Å². The number of benzene rings is 1. The van der Waals surface area contributed by atoms with Crippen molar-refractivity contribution < 1.29 is 0 Å². The normalized spacial score (nSPS) is 8.80. The largest absolute Gasteiger partial charge is 0.398 e. The first-order valence-corrected chi connectivity index (χ1v) is 3.01. The Morgan fingerprint density at radius 2 is 2.20 bits per heavy atom. The first kappa shape index (κ1) is 6.63. The summed E-state index contributed by atoms with van der Waals surface area (Å²) in [7, 11) is 0. The van der Waals surface area contributed by atoms with Crippen LogP contribution in [0.25, 0.3) is 0 Å². The summed E-state index contributed by atoms with van der Waals surface area (Å²) in [6.45, 7) is 1.84. The SMILES string of the molecule is Cc1c(N)cccc1C#N. The van der Waals surface area contributed by atoms with E-state index < -0.39 is 0 Å². The molecule has 0 aliphatic carbocycles. The van der Waals surface area contributed by atoms with Gasteiger partial charge in [-0.15, -0.1) is 0 Å². The molecule has 0 saturated heterocycles. The van der Waals surface area contributed by atoms with Crippen molar-refractivity contribution in [2.45, 2.75) is 6.92 Å². The number of hydrogen-bond donors (Lipinski definition) is 1. The van der Waals surface area contributed by atoms with Gasteiger partial charge in [-0.05, 0) is 24.6 Å². The highest BCUT2D eigenvalue weighted by Crippen LogP contribution is 2.13. The highest BCUT2D eigenvalue weighted by Gasteiger charge is 1.97. The van der Waals surface area contributed by atoms with Gasteiger partial charge in [0.15, 0.2) is 0 Å². The fraction of sp³-hybridized carbons (Fsp3) is 0.125. The molecule has 0 unspecified atom stereocenters. The van der Waals surface area contributed by atoms with Crippen molar-refractivity contribution in [3.8, 4) is 6.07 Å². The van der Waals surface area contributed by atoms with Gasteiger partial charge in [-0.3, -0.25) is 0 Å². The predicted octanol–water partition coefficient (Wildman–Crippen LogP) is 1.45. The summed E-state index contributed by atoms with van der Waals surface area (Å²) in [5, 5.41) is 8.54. The lowest BCUT2D eigenvalue weighted by Gasteiger charge is -1.98. The van der Waals surface area contributed by atoms with Gasteiger partial charge in [0.1, 0.15) is 0 Å². The Hall–Kier alpha value is -1.49. The summed E-state index contributed by atoms with van der Waals surface area (Å²) in [4.78, 5) is 0. The molecule has 0 aliphatic heterocycles. The van der Waals surface area contributed by atoms with Crippen LogP contribution in [0.3, 0.4) is 0 Å². The van der Waals surface area contributed by atoms with Crippen LogP contribution in [0.2, 0.25) is 0 Å². The number of hydrogen-bond acceptors (Lipinski definition) is 2. The van der Waals surface area contributed by atoms with E-state index in [1.165, 1.54) is 0 Å². The summed E-state index contributed by atoms with van der Waals surface area (Å²) < 4.78 is 0. The predicted molar refractivity (Wildman–Crippen MR) is 40.3 cm³/mol. The fourth-order valence-corrected chi connectivity index (χ4v) is 0.775. The summed E-state index contributed by atoms with van der Waals surface area (Å²) in [5.74, 6) is 0. The van der Waals surface area contributed by atoms with Crippen LogP contribution in [0.5, 0.6) is 0 Å². The van der Waals surface area contributed by atoms with Crippen molar-refractivity contribution in [3.63, 3.8) is 0 Å². The molecule has 0 fully saturated rings. The molecule has 2 nitrogen and oxygen atoms in total. The molecule has 0 aliphatic rings. The maximum atomic E-state index is 8.54. The van der Waals surface area contributed by atoms with Gasteiger partial charge in [0, 0.05) is 5.69 Å². The van der Waals surface area contributed by atoms with E-state index in [0.29, 0.717) is 11.3 Å². The Labute approximate surface area is 59.9 Å². The van der Waals surface area contributed by atoms with E-state index in [1.54, 1.807) is 18.2 Å².